The molecule has 0 bridgehead atoms. The molecule has 1 heterocycles. The van der Waals surface area contributed by atoms with E-state index in [0.29, 0.717) is 34.7 Å². The molecule has 0 saturated heterocycles. The van der Waals surface area contributed by atoms with Gasteiger partial charge in [0.2, 0.25) is 0 Å². The Hall–Kier alpha value is -3.58. The van der Waals surface area contributed by atoms with Gasteiger partial charge in [-0.2, -0.15) is 5.10 Å². The van der Waals surface area contributed by atoms with Gasteiger partial charge in [0.25, 0.3) is 0 Å². The van der Waals surface area contributed by atoms with Crippen molar-refractivity contribution in [3.63, 3.8) is 0 Å². The molecule has 0 fully saturated rings. The Balaban J connectivity index is 1.45. The summed E-state index contributed by atoms with van der Waals surface area (Å²) >= 11 is 5.44. The van der Waals surface area contributed by atoms with Gasteiger partial charge in [-0.25, -0.2) is 0 Å². The fourth-order valence-corrected chi connectivity index (χ4v) is 3.52. The number of nitrogens with zero attached hydrogens (tertiary/aromatic N) is 2. The molecule has 152 valence electrons. The number of hydrogen-bond donors (Lipinski definition) is 2. The smallest absolute Gasteiger partial charge is 0.176 e. The maximum atomic E-state index is 5.44. The van der Waals surface area contributed by atoms with Crippen LogP contribution in [-0.2, 0) is 6.54 Å². The van der Waals surface area contributed by atoms with E-state index < -0.39 is 0 Å². The van der Waals surface area contributed by atoms with E-state index in [1.54, 1.807) is 14.2 Å². The summed E-state index contributed by atoms with van der Waals surface area (Å²) in [7, 11) is 3.23. The van der Waals surface area contributed by atoms with Crippen LogP contribution in [0.4, 0.5) is 11.5 Å². The van der Waals surface area contributed by atoms with E-state index in [1.165, 1.54) is 16.3 Å². The number of aromatic nitrogens is 2. The Bertz CT molecular complexity index is 1180. The molecule has 7 heteroatoms. The van der Waals surface area contributed by atoms with E-state index in [1.807, 2.05) is 41.2 Å². The zero-order valence-corrected chi connectivity index (χ0v) is 17.6. The van der Waals surface area contributed by atoms with Crippen molar-refractivity contribution in [2.24, 2.45) is 0 Å². The Morgan fingerprint density at radius 3 is 2.63 bits per heavy atom. The average molecular weight is 419 g/mol. The molecular weight excluding hydrogens is 396 g/mol. The summed E-state index contributed by atoms with van der Waals surface area (Å²) in [6, 6.07) is 22.0. The SMILES string of the molecule is COc1ccc(OC)c(NC(=S)Nc2ccn(Cc3cccc4ccccc34)n2)c1. The number of benzene rings is 3. The van der Waals surface area contributed by atoms with Crippen molar-refractivity contribution in [1.29, 1.82) is 0 Å². The van der Waals surface area contributed by atoms with E-state index in [2.05, 4.69) is 52.1 Å². The molecule has 0 radical (unpaired) electrons. The number of rotatable bonds is 6. The Morgan fingerprint density at radius 2 is 1.80 bits per heavy atom. The first kappa shape index (κ1) is 19.7. The summed E-state index contributed by atoms with van der Waals surface area (Å²) in [6.45, 7) is 0.674. The first-order chi connectivity index (χ1) is 14.7. The lowest BCUT2D eigenvalue weighted by Crippen LogP contribution is -2.20. The molecule has 0 unspecified atom stereocenters. The van der Waals surface area contributed by atoms with Crippen molar-refractivity contribution in [2.75, 3.05) is 24.9 Å². The zero-order chi connectivity index (χ0) is 20.9. The van der Waals surface area contributed by atoms with Crippen molar-refractivity contribution in [2.45, 2.75) is 6.54 Å². The maximum Gasteiger partial charge on any atom is 0.176 e. The lowest BCUT2D eigenvalue weighted by Gasteiger charge is -2.13. The van der Waals surface area contributed by atoms with Crippen LogP contribution in [0.5, 0.6) is 11.5 Å². The van der Waals surface area contributed by atoms with Crippen LogP contribution in [0.3, 0.4) is 0 Å². The van der Waals surface area contributed by atoms with E-state index in [4.69, 9.17) is 21.7 Å². The zero-order valence-electron chi connectivity index (χ0n) is 16.8. The molecular formula is C23H22N4O2S. The summed E-state index contributed by atoms with van der Waals surface area (Å²) in [5.74, 6) is 2.04. The summed E-state index contributed by atoms with van der Waals surface area (Å²) in [6.07, 6.45) is 1.93. The Labute approximate surface area is 180 Å². The second-order valence-electron chi connectivity index (χ2n) is 6.68. The van der Waals surface area contributed by atoms with Crippen molar-refractivity contribution in [3.8, 4) is 11.5 Å². The molecule has 0 aliphatic heterocycles. The van der Waals surface area contributed by atoms with Crippen LogP contribution in [0, 0.1) is 0 Å². The van der Waals surface area contributed by atoms with Gasteiger partial charge < -0.3 is 20.1 Å². The van der Waals surface area contributed by atoms with Crippen LogP contribution in [0.15, 0.2) is 72.9 Å². The van der Waals surface area contributed by atoms with E-state index in [9.17, 15) is 0 Å². The molecule has 2 N–H and O–H groups in total. The summed E-state index contributed by atoms with van der Waals surface area (Å²) in [4.78, 5) is 0. The van der Waals surface area contributed by atoms with Gasteiger partial charge in [0, 0.05) is 18.3 Å². The molecule has 4 rings (SSSR count). The number of thiocarbonyl (C=S) groups is 1. The lowest BCUT2D eigenvalue weighted by molar-refractivity contribution is 0.405. The van der Waals surface area contributed by atoms with Crippen molar-refractivity contribution >= 4 is 39.6 Å². The van der Waals surface area contributed by atoms with Crippen LogP contribution in [-0.4, -0.2) is 29.1 Å². The highest BCUT2D eigenvalue weighted by Crippen LogP contribution is 2.29. The molecule has 6 nitrogen and oxygen atoms in total. The molecule has 4 aromatic rings. The normalized spacial score (nSPS) is 10.6. The van der Waals surface area contributed by atoms with Crippen molar-refractivity contribution in [3.05, 3.63) is 78.5 Å². The number of methoxy groups -OCH3 is 2. The number of fused-ring (bicyclic) bond motifs is 1. The molecule has 30 heavy (non-hydrogen) atoms. The van der Waals surface area contributed by atoms with Gasteiger partial charge in [-0.1, -0.05) is 42.5 Å². The largest absolute Gasteiger partial charge is 0.497 e. The molecule has 1 aromatic heterocycles. The molecule has 0 amide bonds. The van der Waals surface area contributed by atoms with E-state index >= 15 is 0 Å². The van der Waals surface area contributed by atoms with Crippen LogP contribution >= 0.6 is 12.2 Å². The molecule has 0 saturated carbocycles. The minimum absolute atomic E-state index is 0.414. The van der Waals surface area contributed by atoms with Gasteiger partial charge in [0.05, 0.1) is 26.5 Å². The average Bonchev–Trinajstić information content (AvgIpc) is 3.20. The first-order valence-corrected chi connectivity index (χ1v) is 9.87. The molecule has 0 spiro atoms. The second kappa shape index (κ2) is 8.84. The van der Waals surface area contributed by atoms with Crippen LogP contribution in [0.25, 0.3) is 10.8 Å². The first-order valence-electron chi connectivity index (χ1n) is 9.46. The second-order valence-corrected chi connectivity index (χ2v) is 7.09. The number of anilines is 2. The molecule has 0 aliphatic carbocycles. The van der Waals surface area contributed by atoms with E-state index in [0.717, 1.165) is 0 Å². The predicted octanol–water partition coefficient (Wildman–Crippen LogP) is 4.91. The minimum Gasteiger partial charge on any atom is -0.497 e. The molecule has 3 aromatic carbocycles. The summed E-state index contributed by atoms with van der Waals surface area (Å²) in [5.41, 5.74) is 1.93. The quantitative estimate of drug-likeness (QED) is 0.434. The van der Waals surface area contributed by atoms with Gasteiger partial charge in [0.15, 0.2) is 10.9 Å². The maximum absolute atomic E-state index is 5.44. The van der Waals surface area contributed by atoms with Gasteiger partial charge >= 0.3 is 0 Å². The number of hydrogen-bond acceptors (Lipinski definition) is 4. The number of nitrogens with one attached hydrogen (secondary N) is 2. The van der Waals surface area contributed by atoms with Crippen molar-refractivity contribution < 1.29 is 9.47 Å². The molecule has 0 aliphatic rings. The topological polar surface area (TPSA) is 60.3 Å². The predicted molar refractivity (Wildman–Crippen MR) is 125 cm³/mol. The summed E-state index contributed by atoms with van der Waals surface area (Å²) < 4.78 is 12.5. The highest BCUT2D eigenvalue weighted by molar-refractivity contribution is 7.80. The van der Waals surface area contributed by atoms with Gasteiger partial charge in [-0.15, -0.1) is 0 Å². The highest BCUT2D eigenvalue weighted by atomic mass is 32.1. The fraction of sp³-hybridized carbons (Fsp3) is 0.130. The lowest BCUT2D eigenvalue weighted by atomic mass is 10.0. The standard InChI is InChI=1S/C23H22N4O2S/c1-28-18-10-11-21(29-2)20(14-18)24-23(30)25-22-12-13-27(26-22)15-17-8-5-7-16-6-3-4-9-19(16)17/h3-14H,15H2,1-2H3,(H2,24,25,26,30). The van der Waals surface area contributed by atoms with Gasteiger partial charge in [-0.3, -0.25) is 4.68 Å². The third-order valence-corrected chi connectivity index (χ3v) is 4.95. The summed E-state index contributed by atoms with van der Waals surface area (Å²) in [5, 5.41) is 13.7. The monoisotopic (exact) mass is 418 g/mol. The highest BCUT2D eigenvalue weighted by Gasteiger charge is 2.09. The van der Waals surface area contributed by atoms with Gasteiger partial charge in [-0.05, 0) is 40.7 Å². The fourth-order valence-electron chi connectivity index (χ4n) is 3.30. The Morgan fingerprint density at radius 1 is 0.967 bits per heavy atom. The van der Waals surface area contributed by atoms with Crippen molar-refractivity contribution in [1.82, 2.24) is 9.78 Å². The minimum atomic E-state index is 0.414. The molecule has 0 atom stereocenters. The number of ether oxygens (including phenoxy) is 2. The van der Waals surface area contributed by atoms with Crippen LogP contribution in [0.2, 0.25) is 0 Å². The Kier molecular flexibility index (Phi) is 5.81. The van der Waals surface area contributed by atoms with Crippen LogP contribution in [0.1, 0.15) is 5.56 Å². The third kappa shape index (κ3) is 4.36. The third-order valence-electron chi connectivity index (χ3n) is 4.75. The van der Waals surface area contributed by atoms with E-state index in [-0.39, 0.29) is 0 Å². The van der Waals surface area contributed by atoms with Crippen LogP contribution < -0.4 is 20.1 Å². The van der Waals surface area contributed by atoms with Gasteiger partial charge in [0.1, 0.15) is 11.5 Å².